The lowest BCUT2D eigenvalue weighted by Gasteiger charge is -2.23. The summed E-state index contributed by atoms with van der Waals surface area (Å²) in [6.07, 6.45) is 2.28. The van der Waals surface area contributed by atoms with E-state index in [0.29, 0.717) is 6.54 Å². The van der Waals surface area contributed by atoms with Crippen molar-refractivity contribution in [2.24, 2.45) is 0 Å². The topological polar surface area (TPSA) is 52.6 Å². The molecule has 0 aromatic carbocycles. The van der Waals surface area contributed by atoms with Crippen LogP contribution in [-0.2, 0) is 4.79 Å². The minimum absolute atomic E-state index is 0.452. The summed E-state index contributed by atoms with van der Waals surface area (Å²) in [4.78, 5) is 12.9. The van der Waals surface area contributed by atoms with Crippen molar-refractivity contribution in [2.75, 3.05) is 26.7 Å². The number of carboxylic acid groups (broad SMARTS) is 1. The molecule has 0 fully saturated rings. The molecule has 1 unspecified atom stereocenters. The van der Waals surface area contributed by atoms with Gasteiger partial charge in [-0.3, -0.25) is 4.79 Å². The number of carbonyl (C=O) groups is 1. The molecule has 0 aromatic heterocycles. The maximum absolute atomic E-state index is 10.8. The summed E-state index contributed by atoms with van der Waals surface area (Å²) in [7, 11) is 1.69. The zero-order valence-electron chi connectivity index (χ0n) is 9.42. The van der Waals surface area contributed by atoms with Crippen molar-refractivity contribution in [3.63, 3.8) is 0 Å². The van der Waals surface area contributed by atoms with Crippen molar-refractivity contribution >= 4 is 5.97 Å². The molecule has 0 saturated heterocycles. The van der Waals surface area contributed by atoms with Gasteiger partial charge in [-0.05, 0) is 26.6 Å². The number of rotatable bonds is 8. The first kappa shape index (κ1) is 13.4. The van der Waals surface area contributed by atoms with E-state index in [1.165, 1.54) is 0 Å². The summed E-state index contributed by atoms with van der Waals surface area (Å²) in [5.74, 6) is -0.776. The van der Waals surface area contributed by atoms with Gasteiger partial charge < -0.3 is 15.3 Å². The quantitative estimate of drug-likeness (QED) is 0.611. The van der Waals surface area contributed by atoms with Gasteiger partial charge in [0.1, 0.15) is 6.04 Å². The van der Waals surface area contributed by atoms with Crippen LogP contribution >= 0.6 is 0 Å². The molecule has 1 atom stereocenters. The van der Waals surface area contributed by atoms with Gasteiger partial charge in [-0.1, -0.05) is 20.3 Å². The van der Waals surface area contributed by atoms with Gasteiger partial charge in [0.15, 0.2) is 0 Å². The number of hydrogen-bond acceptors (Lipinski definition) is 3. The molecular weight excluding hydrogens is 180 g/mol. The van der Waals surface area contributed by atoms with Crippen LogP contribution < -0.4 is 5.32 Å². The molecule has 0 aliphatic rings. The molecule has 14 heavy (non-hydrogen) atoms. The van der Waals surface area contributed by atoms with Crippen LogP contribution in [0.2, 0.25) is 0 Å². The van der Waals surface area contributed by atoms with E-state index in [-0.39, 0.29) is 0 Å². The third-order valence-corrected chi connectivity index (χ3v) is 2.36. The Morgan fingerprint density at radius 2 is 2.14 bits per heavy atom. The fourth-order valence-electron chi connectivity index (χ4n) is 1.31. The van der Waals surface area contributed by atoms with Gasteiger partial charge in [-0.2, -0.15) is 0 Å². The molecule has 4 nitrogen and oxygen atoms in total. The molecule has 0 aliphatic heterocycles. The average molecular weight is 202 g/mol. The second-order valence-electron chi connectivity index (χ2n) is 3.43. The molecule has 0 saturated carbocycles. The number of nitrogens with one attached hydrogen (secondary N) is 1. The summed E-state index contributed by atoms with van der Waals surface area (Å²) >= 11 is 0. The largest absolute Gasteiger partial charge is 0.480 e. The van der Waals surface area contributed by atoms with Gasteiger partial charge in [0.25, 0.3) is 0 Å². The zero-order valence-corrected chi connectivity index (χ0v) is 9.42. The van der Waals surface area contributed by atoms with Gasteiger partial charge >= 0.3 is 5.97 Å². The third-order valence-electron chi connectivity index (χ3n) is 2.36. The average Bonchev–Trinajstić information content (AvgIpc) is 2.18. The SMILES string of the molecule is CCCCN(CC)CC(NC)C(=O)O. The molecule has 0 heterocycles. The Hall–Kier alpha value is -0.610. The number of hydrogen-bond donors (Lipinski definition) is 2. The molecule has 4 heteroatoms. The predicted octanol–water partition coefficient (Wildman–Crippen LogP) is 0.781. The second kappa shape index (κ2) is 7.76. The smallest absolute Gasteiger partial charge is 0.322 e. The zero-order chi connectivity index (χ0) is 11.0. The van der Waals surface area contributed by atoms with Crippen LogP contribution in [0.5, 0.6) is 0 Å². The van der Waals surface area contributed by atoms with Crippen LogP contribution in [0.15, 0.2) is 0 Å². The van der Waals surface area contributed by atoms with E-state index in [1.54, 1.807) is 7.05 Å². The Morgan fingerprint density at radius 1 is 1.50 bits per heavy atom. The molecule has 0 radical (unpaired) electrons. The van der Waals surface area contributed by atoms with E-state index in [0.717, 1.165) is 25.9 Å². The Kier molecular flexibility index (Phi) is 7.42. The van der Waals surface area contributed by atoms with E-state index in [4.69, 9.17) is 5.11 Å². The van der Waals surface area contributed by atoms with Crippen LogP contribution in [-0.4, -0.2) is 48.7 Å². The maximum atomic E-state index is 10.8. The number of aliphatic carboxylic acids is 1. The highest BCUT2D eigenvalue weighted by atomic mass is 16.4. The molecule has 0 spiro atoms. The van der Waals surface area contributed by atoms with Crippen molar-refractivity contribution in [2.45, 2.75) is 32.7 Å². The highest BCUT2D eigenvalue weighted by Crippen LogP contribution is 1.97. The molecule has 0 aromatic rings. The van der Waals surface area contributed by atoms with Crippen LogP contribution in [0, 0.1) is 0 Å². The monoisotopic (exact) mass is 202 g/mol. The lowest BCUT2D eigenvalue weighted by Crippen LogP contribution is -2.44. The molecule has 0 bridgehead atoms. The van der Waals surface area contributed by atoms with Crippen molar-refractivity contribution in [3.8, 4) is 0 Å². The number of unbranched alkanes of at least 4 members (excludes halogenated alkanes) is 1. The van der Waals surface area contributed by atoms with Crippen molar-refractivity contribution < 1.29 is 9.90 Å². The minimum Gasteiger partial charge on any atom is -0.480 e. The van der Waals surface area contributed by atoms with Crippen molar-refractivity contribution in [1.82, 2.24) is 10.2 Å². The van der Waals surface area contributed by atoms with Crippen molar-refractivity contribution in [1.29, 1.82) is 0 Å². The number of nitrogens with zero attached hydrogens (tertiary/aromatic N) is 1. The van der Waals surface area contributed by atoms with Crippen LogP contribution in [0.4, 0.5) is 0 Å². The maximum Gasteiger partial charge on any atom is 0.322 e. The molecule has 0 amide bonds. The van der Waals surface area contributed by atoms with Gasteiger partial charge in [-0.15, -0.1) is 0 Å². The molecule has 84 valence electrons. The fraction of sp³-hybridized carbons (Fsp3) is 0.900. The van der Waals surface area contributed by atoms with Gasteiger partial charge in [-0.25, -0.2) is 0 Å². The first-order valence-electron chi connectivity index (χ1n) is 5.28. The number of likely N-dealkylation sites (N-methyl/N-ethyl adjacent to an activating group) is 2. The third kappa shape index (κ3) is 5.19. The predicted molar refractivity (Wildman–Crippen MR) is 57.5 cm³/mol. The second-order valence-corrected chi connectivity index (χ2v) is 3.43. The highest BCUT2D eigenvalue weighted by molar-refractivity contribution is 5.73. The summed E-state index contributed by atoms with van der Waals surface area (Å²) in [5, 5.41) is 11.7. The van der Waals surface area contributed by atoms with Crippen LogP contribution in [0.25, 0.3) is 0 Å². The Labute approximate surface area is 86.3 Å². The Morgan fingerprint density at radius 3 is 2.50 bits per heavy atom. The molecule has 0 rings (SSSR count). The summed E-state index contributed by atoms with van der Waals surface area (Å²) in [6, 6.07) is -0.452. The van der Waals surface area contributed by atoms with E-state index in [1.807, 2.05) is 0 Å². The Bertz CT molecular complexity index is 162. The molecule has 2 N–H and O–H groups in total. The number of carboxylic acids is 1. The minimum atomic E-state index is -0.776. The first-order valence-corrected chi connectivity index (χ1v) is 5.28. The Balaban J connectivity index is 3.94. The standard InChI is InChI=1S/C10H22N2O2/c1-4-6-7-12(5-2)8-9(11-3)10(13)14/h9,11H,4-8H2,1-3H3,(H,13,14). The highest BCUT2D eigenvalue weighted by Gasteiger charge is 2.17. The van der Waals surface area contributed by atoms with Crippen LogP contribution in [0.1, 0.15) is 26.7 Å². The normalized spacial score (nSPS) is 13.1. The first-order chi connectivity index (χ1) is 6.65. The lowest BCUT2D eigenvalue weighted by atomic mass is 10.2. The van der Waals surface area contributed by atoms with Crippen LogP contribution in [0.3, 0.4) is 0 Å². The summed E-state index contributed by atoms with van der Waals surface area (Å²) < 4.78 is 0. The van der Waals surface area contributed by atoms with E-state index < -0.39 is 12.0 Å². The van der Waals surface area contributed by atoms with E-state index in [9.17, 15) is 4.79 Å². The van der Waals surface area contributed by atoms with Gasteiger partial charge in [0.2, 0.25) is 0 Å². The van der Waals surface area contributed by atoms with Gasteiger partial charge in [0.05, 0.1) is 0 Å². The van der Waals surface area contributed by atoms with Crippen molar-refractivity contribution in [3.05, 3.63) is 0 Å². The molecule has 0 aliphatic carbocycles. The lowest BCUT2D eigenvalue weighted by molar-refractivity contribution is -0.139. The summed E-state index contributed by atoms with van der Waals surface area (Å²) in [6.45, 7) is 6.68. The van der Waals surface area contributed by atoms with E-state index in [2.05, 4.69) is 24.1 Å². The van der Waals surface area contributed by atoms with E-state index >= 15 is 0 Å². The van der Waals surface area contributed by atoms with Gasteiger partial charge in [0, 0.05) is 6.54 Å². The fourth-order valence-corrected chi connectivity index (χ4v) is 1.31. The molecular formula is C10H22N2O2. The summed E-state index contributed by atoms with van der Waals surface area (Å²) in [5.41, 5.74) is 0.